The van der Waals surface area contributed by atoms with Gasteiger partial charge in [0.05, 0.1) is 17.1 Å². The molecule has 1 rings (SSSR count). The van der Waals surface area contributed by atoms with E-state index in [4.69, 9.17) is 55.6 Å². The van der Waals surface area contributed by atoms with Gasteiger partial charge in [0.15, 0.2) is 5.78 Å². The maximum absolute atomic E-state index is 13.5. The molecule has 0 aliphatic heterocycles. The van der Waals surface area contributed by atoms with Gasteiger partial charge in [0.1, 0.15) is 0 Å². The Morgan fingerprint density at radius 3 is 1.74 bits per heavy atom. The standard InChI is InChI=1S/C15H22Cl4NO5PS/c1-10(2)24-26(21,25-11(3)4)14(15(16,17)18)20(19)27(22,23)13-8-6-12(5)7-9-13/h6-11,14H,1-5H3. The number of nitrogens with zero attached hydrogens (tertiary/aromatic N) is 1. The van der Waals surface area contributed by atoms with Crippen molar-refractivity contribution in [2.75, 3.05) is 0 Å². The highest BCUT2D eigenvalue weighted by Gasteiger charge is 2.56. The third kappa shape index (κ3) is 6.73. The van der Waals surface area contributed by atoms with Crippen molar-refractivity contribution in [1.29, 1.82) is 0 Å². The minimum Gasteiger partial charge on any atom is -0.305 e. The highest BCUT2D eigenvalue weighted by atomic mass is 35.6. The molecule has 12 heteroatoms. The zero-order valence-electron chi connectivity index (χ0n) is 15.4. The van der Waals surface area contributed by atoms with Crippen LogP contribution in [0.4, 0.5) is 0 Å². The number of aryl methyl sites for hydroxylation is 1. The number of rotatable bonds is 8. The van der Waals surface area contributed by atoms with Crippen LogP contribution in [0.2, 0.25) is 0 Å². The van der Waals surface area contributed by atoms with Gasteiger partial charge in [0.25, 0.3) is 10.0 Å². The molecule has 0 amide bonds. The second-order valence-corrected chi connectivity index (χ2v) is 13.1. The van der Waals surface area contributed by atoms with E-state index in [0.717, 1.165) is 5.56 Å². The monoisotopic (exact) mass is 499 g/mol. The van der Waals surface area contributed by atoms with Crippen LogP contribution in [0.3, 0.4) is 0 Å². The van der Waals surface area contributed by atoms with E-state index < -0.39 is 39.4 Å². The van der Waals surface area contributed by atoms with Crippen LogP contribution < -0.4 is 0 Å². The molecule has 0 aromatic heterocycles. The molecule has 6 nitrogen and oxygen atoms in total. The maximum atomic E-state index is 13.5. The summed E-state index contributed by atoms with van der Waals surface area (Å²) in [5.74, 6) is -1.92. The van der Waals surface area contributed by atoms with Crippen molar-refractivity contribution in [3.8, 4) is 0 Å². The lowest BCUT2D eigenvalue weighted by molar-refractivity contribution is 0.131. The van der Waals surface area contributed by atoms with E-state index in [-0.39, 0.29) is 8.72 Å². The van der Waals surface area contributed by atoms with Crippen LogP contribution in [-0.2, 0) is 23.6 Å². The fraction of sp³-hybridized carbons (Fsp3) is 0.600. The van der Waals surface area contributed by atoms with Crippen LogP contribution in [0.15, 0.2) is 29.2 Å². The Morgan fingerprint density at radius 1 is 1.00 bits per heavy atom. The summed E-state index contributed by atoms with van der Waals surface area (Å²) in [7, 11) is -8.71. The van der Waals surface area contributed by atoms with Gasteiger partial charge in [-0.25, -0.2) is 8.42 Å². The summed E-state index contributed by atoms with van der Waals surface area (Å²) < 4.78 is 47.9. The summed E-state index contributed by atoms with van der Waals surface area (Å²) in [4.78, 5) is -0.164. The number of hydrogen-bond acceptors (Lipinski definition) is 5. The Balaban J connectivity index is 3.52. The van der Waals surface area contributed by atoms with Crippen molar-refractivity contribution in [1.82, 2.24) is 3.82 Å². The molecule has 0 spiro atoms. The van der Waals surface area contributed by atoms with E-state index in [2.05, 4.69) is 0 Å². The quantitative estimate of drug-likeness (QED) is 0.253. The molecular weight excluding hydrogens is 479 g/mol. The SMILES string of the molecule is Cc1ccc(S(=O)(=O)N(Cl)C(C(Cl)(Cl)Cl)P(=O)(OC(C)C)OC(C)C)cc1. The minimum absolute atomic E-state index is 0.164. The van der Waals surface area contributed by atoms with Gasteiger partial charge in [-0.15, -0.1) is 0 Å². The van der Waals surface area contributed by atoms with E-state index in [1.54, 1.807) is 46.8 Å². The molecule has 156 valence electrons. The summed E-state index contributed by atoms with van der Waals surface area (Å²) >= 11 is 24.0. The fourth-order valence-electron chi connectivity index (χ4n) is 2.08. The van der Waals surface area contributed by atoms with Gasteiger partial charge in [-0.2, -0.15) is 0 Å². The van der Waals surface area contributed by atoms with E-state index in [1.807, 2.05) is 0 Å². The third-order valence-electron chi connectivity index (χ3n) is 3.05. The Kier molecular flexibility index (Phi) is 8.96. The first kappa shape index (κ1) is 25.5. The molecule has 0 fully saturated rings. The largest absolute Gasteiger partial charge is 0.355 e. The molecule has 1 aromatic carbocycles. The summed E-state index contributed by atoms with van der Waals surface area (Å²) in [6, 6.07) is 5.84. The molecule has 0 heterocycles. The first-order valence-electron chi connectivity index (χ1n) is 7.91. The van der Waals surface area contributed by atoms with Gasteiger partial charge in [0, 0.05) is 0 Å². The predicted octanol–water partition coefficient (Wildman–Crippen LogP) is 5.88. The Hall–Kier alpha value is 0.440. The molecule has 0 saturated heterocycles. The normalized spacial score (nSPS) is 15.0. The smallest absolute Gasteiger partial charge is 0.305 e. The summed E-state index contributed by atoms with van der Waals surface area (Å²) in [6.07, 6.45) is -1.23. The van der Waals surface area contributed by atoms with Crippen molar-refractivity contribution in [2.24, 2.45) is 0 Å². The Morgan fingerprint density at radius 2 is 1.41 bits per heavy atom. The molecule has 0 bridgehead atoms. The van der Waals surface area contributed by atoms with Crippen LogP contribution >= 0.6 is 54.2 Å². The zero-order chi connectivity index (χ0) is 21.2. The lowest BCUT2D eigenvalue weighted by atomic mass is 10.2. The van der Waals surface area contributed by atoms with E-state index in [0.29, 0.717) is 0 Å². The summed E-state index contributed by atoms with van der Waals surface area (Å²) in [6.45, 7) is 8.12. The van der Waals surface area contributed by atoms with Gasteiger partial charge < -0.3 is 9.05 Å². The molecular formula is C15H22Cl4NO5PS. The van der Waals surface area contributed by atoms with Gasteiger partial charge in [-0.05, 0) is 58.5 Å². The lowest BCUT2D eigenvalue weighted by Crippen LogP contribution is -2.43. The molecule has 0 N–H and O–H groups in total. The van der Waals surface area contributed by atoms with Crippen molar-refractivity contribution < 1.29 is 22.0 Å². The van der Waals surface area contributed by atoms with E-state index in [9.17, 15) is 13.0 Å². The number of alkyl halides is 3. The molecule has 1 unspecified atom stereocenters. The fourth-order valence-corrected chi connectivity index (χ4v) is 8.33. The molecule has 0 saturated carbocycles. The summed E-state index contributed by atoms with van der Waals surface area (Å²) in [5, 5.41) is 0. The van der Waals surface area contributed by atoms with Gasteiger partial charge in [0.2, 0.25) is 3.79 Å². The lowest BCUT2D eigenvalue weighted by Gasteiger charge is -2.36. The van der Waals surface area contributed by atoms with Crippen LogP contribution in [0.5, 0.6) is 0 Å². The van der Waals surface area contributed by atoms with Crippen molar-refractivity contribution >= 4 is 64.2 Å². The van der Waals surface area contributed by atoms with E-state index >= 15 is 0 Å². The molecule has 0 aliphatic carbocycles. The number of benzene rings is 1. The first-order valence-corrected chi connectivity index (χ1v) is 12.4. The van der Waals surface area contributed by atoms with Crippen LogP contribution in [0.1, 0.15) is 33.3 Å². The number of hydrogen-bond donors (Lipinski definition) is 0. The van der Waals surface area contributed by atoms with Gasteiger partial charge in [-0.3, -0.25) is 4.57 Å². The predicted molar refractivity (Wildman–Crippen MR) is 110 cm³/mol. The van der Waals surface area contributed by atoms with Gasteiger partial charge >= 0.3 is 7.60 Å². The van der Waals surface area contributed by atoms with Crippen LogP contribution in [-0.4, -0.2) is 34.0 Å². The second kappa shape index (κ2) is 9.50. The molecule has 1 atom stereocenters. The highest BCUT2D eigenvalue weighted by molar-refractivity contribution is 7.90. The van der Waals surface area contributed by atoms with Gasteiger partial charge in [-0.1, -0.05) is 56.3 Å². The van der Waals surface area contributed by atoms with Crippen molar-refractivity contribution in [3.63, 3.8) is 0 Å². The molecule has 27 heavy (non-hydrogen) atoms. The molecule has 0 radical (unpaired) electrons. The first-order chi connectivity index (χ1) is 12.1. The third-order valence-corrected chi connectivity index (χ3v) is 9.34. The minimum atomic E-state index is -4.38. The molecule has 0 aliphatic rings. The van der Waals surface area contributed by atoms with Crippen molar-refractivity contribution in [3.05, 3.63) is 29.8 Å². The number of sulfonamides is 1. The van der Waals surface area contributed by atoms with Crippen LogP contribution in [0.25, 0.3) is 0 Å². The van der Waals surface area contributed by atoms with Crippen LogP contribution in [0, 0.1) is 6.92 Å². The summed E-state index contributed by atoms with van der Waals surface area (Å²) in [5.41, 5.74) is 0.838. The Labute approximate surface area is 180 Å². The number of halogens is 4. The highest BCUT2D eigenvalue weighted by Crippen LogP contribution is 2.63. The van der Waals surface area contributed by atoms with E-state index in [1.165, 1.54) is 12.1 Å². The van der Waals surface area contributed by atoms with Crippen molar-refractivity contribution in [2.45, 2.75) is 61.3 Å². The topological polar surface area (TPSA) is 72.9 Å². The molecule has 1 aromatic rings. The Bertz CT molecular complexity index is 766. The average Bonchev–Trinajstić information content (AvgIpc) is 2.43. The zero-order valence-corrected chi connectivity index (χ0v) is 20.1. The average molecular weight is 501 g/mol. The second-order valence-electron chi connectivity index (χ2n) is 6.32. The maximum Gasteiger partial charge on any atom is 0.355 e.